The molecule has 77 heavy (non-hydrogen) atoms. The fraction of sp³-hybridized carbons (Fsp3) is 0.446. The number of aromatic nitrogens is 3. The Kier molecular flexibility index (Phi) is 17.0. The lowest BCUT2D eigenvalue weighted by Crippen LogP contribution is -2.32. The largest absolute Gasteiger partial charge is 0.449 e. The summed E-state index contributed by atoms with van der Waals surface area (Å²) in [6.07, 6.45) is 1.40. The van der Waals surface area contributed by atoms with Crippen LogP contribution in [0.25, 0.3) is 32.7 Å². The molecule has 3 aliphatic heterocycles. The Labute approximate surface area is 444 Å². The molecule has 6 heterocycles. The normalized spacial score (nSPS) is 13.6. The van der Waals surface area contributed by atoms with Crippen LogP contribution >= 0.6 is 0 Å². The lowest BCUT2D eigenvalue weighted by atomic mass is 10.1. The number of amides is 4. The molecule has 3 aliphatic rings. The number of nitrogens with zero attached hydrogens (tertiary/aromatic N) is 6. The van der Waals surface area contributed by atoms with Crippen LogP contribution in [0.15, 0.2) is 54.6 Å². The van der Waals surface area contributed by atoms with E-state index < -0.39 is 36.0 Å². The second-order valence-electron chi connectivity index (χ2n) is 18.6. The van der Waals surface area contributed by atoms with E-state index in [0.717, 1.165) is 23.2 Å². The number of aliphatic hydroxyl groups excluding tert-OH is 1. The molecule has 21 nitrogen and oxygen atoms in total. The summed E-state index contributed by atoms with van der Waals surface area (Å²) in [6, 6.07) is 15.3. The van der Waals surface area contributed by atoms with Crippen LogP contribution in [0.3, 0.4) is 0 Å². The number of hydrogen-bond donors (Lipinski definition) is 2. The van der Waals surface area contributed by atoms with Crippen molar-refractivity contribution in [1.82, 2.24) is 19.0 Å². The van der Waals surface area contributed by atoms with E-state index >= 15 is 0 Å². The SMILES string of the molecule is CCOCCOCCOCCNC(=O)c1cc2c3c(ccc2n1C(=O)OCC)N(C(=O)c1cc2c4c(ccc2n1C(=O)OCC)N(C(=O)c1cc2c5c(ccc2n1C(=O)OCC)N(C(=O)CCCCCO)CC5)CC4)CC3. The van der Waals surface area contributed by atoms with E-state index in [9.17, 15) is 38.7 Å². The summed E-state index contributed by atoms with van der Waals surface area (Å²) in [6.45, 7) is 10.7. The average molecular weight is 1060 g/mol. The van der Waals surface area contributed by atoms with Crippen LogP contribution in [0.1, 0.15) is 102 Å². The van der Waals surface area contributed by atoms with Crippen LogP contribution in [0.5, 0.6) is 0 Å². The van der Waals surface area contributed by atoms with Crippen molar-refractivity contribution in [2.75, 3.05) is 107 Å². The fourth-order valence-corrected chi connectivity index (χ4v) is 10.8. The number of fused-ring (bicyclic) bond motifs is 9. The minimum absolute atomic E-state index is 0.0270. The topological polar surface area (TPSA) is 232 Å². The van der Waals surface area contributed by atoms with E-state index in [0.29, 0.717) is 128 Å². The summed E-state index contributed by atoms with van der Waals surface area (Å²) in [5.74, 6) is -1.51. The Morgan fingerprint density at radius 2 is 0.909 bits per heavy atom. The Morgan fingerprint density at radius 3 is 1.36 bits per heavy atom. The maximum absolute atomic E-state index is 15.0. The van der Waals surface area contributed by atoms with E-state index in [1.807, 2.05) is 6.92 Å². The Morgan fingerprint density at radius 1 is 0.494 bits per heavy atom. The number of hydrogen-bond acceptors (Lipinski definition) is 14. The highest BCUT2D eigenvalue weighted by molar-refractivity contribution is 6.17. The molecule has 0 atom stereocenters. The summed E-state index contributed by atoms with van der Waals surface area (Å²) in [7, 11) is 0. The zero-order chi connectivity index (χ0) is 54.3. The van der Waals surface area contributed by atoms with E-state index in [4.69, 9.17) is 28.4 Å². The zero-order valence-corrected chi connectivity index (χ0v) is 44.0. The van der Waals surface area contributed by atoms with Crippen LogP contribution in [0.2, 0.25) is 0 Å². The molecule has 2 N–H and O–H groups in total. The molecule has 21 heteroatoms. The third kappa shape index (κ3) is 10.5. The van der Waals surface area contributed by atoms with Gasteiger partial charge in [0.1, 0.15) is 17.1 Å². The van der Waals surface area contributed by atoms with Crippen LogP contribution < -0.4 is 20.0 Å². The predicted octanol–water partition coefficient (Wildman–Crippen LogP) is 7.21. The zero-order valence-electron chi connectivity index (χ0n) is 44.0. The Balaban J connectivity index is 1.00. The molecule has 3 aromatic heterocycles. The molecule has 0 bridgehead atoms. The van der Waals surface area contributed by atoms with Gasteiger partial charge < -0.3 is 53.5 Å². The highest BCUT2D eigenvalue weighted by Crippen LogP contribution is 2.42. The van der Waals surface area contributed by atoms with Gasteiger partial charge in [0, 0.05) is 79.0 Å². The Hall–Kier alpha value is -7.59. The summed E-state index contributed by atoms with van der Waals surface area (Å²) in [5, 5.41) is 13.8. The van der Waals surface area contributed by atoms with Crippen molar-refractivity contribution in [1.29, 1.82) is 0 Å². The van der Waals surface area contributed by atoms with Gasteiger partial charge in [-0.15, -0.1) is 0 Å². The van der Waals surface area contributed by atoms with E-state index in [2.05, 4.69) is 5.32 Å². The molecule has 408 valence electrons. The maximum atomic E-state index is 15.0. The fourth-order valence-electron chi connectivity index (χ4n) is 10.8. The number of aliphatic hydroxyl groups is 1. The summed E-state index contributed by atoms with van der Waals surface area (Å²) >= 11 is 0. The van der Waals surface area contributed by atoms with Gasteiger partial charge in [-0.3, -0.25) is 19.2 Å². The van der Waals surface area contributed by atoms with E-state index in [1.54, 1.807) is 90.1 Å². The first-order valence-corrected chi connectivity index (χ1v) is 26.6. The maximum Gasteiger partial charge on any atom is 0.419 e. The smallest absolute Gasteiger partial charge is 0.419 e. The number of ether oxygens (including phenoxy) is 6. The third-order valence-corrected chi connectivity index (χ3v) is 14.2. The number of nitrogens with one attached hydrogen (secondary N) is 1. The van der Waals surface area contributed by atoms with Gasteiger partial charge in [-0.05, 0) is 131 Å². The number of unbranched alkanes of at least 4 members (excludes halogenated alkanes) is 2. The van der Waals surface area contributed by atoms with Gasteiger partial charge in [-0.2, -0.15) is 0 Å². The van der Waals surface area contributed by atoms with Gasteiger partial charge in [0.25, 0.3) is 17.7 Å². The molecule has 0 spiro atoms. The molecule has 0 unspecified atom stereocenters. The van der Waals surface area contributed by atoms with Crippen LogP contribution in [-0.2, 0) is 52.5 Å². The second kappa shape index (κ2) is 24.2. The van der Waals surface area contributed by atoms with Gasteiger partial charge in [-0.25, -0.2) is 28.1 Å². The minimum Gasteiger partial charge on any atom is -0.449 e. The quantitative estimate of drug-likeness (QED) is 0.0536. The lowest BCUT2D eigenvalue weighted by Gasteiger charge is -2.19. The van der Waals surface area contributed by atoms with Gasteiger partial charge in [0.2, 0.25) is 5.91 Å². The van der Waals surface area contributed by atoms with Crippen LogP contribution in [-0.4, -0.2) is 153 Å². The van der Waals surface area contributed by atoms with Gasteiger partial charge in [0.05, 0.1) is 69.4 Å². The molecule has 0 saturated heterocycles. The van der Waals surface area contributed by atoms with Crippen molar-refractivity contribution in [3.63, 3.8) is 0 Å². The number of carbonyl (C=O) groups excluding carboxylic acids is 7. The molecule has 0 fully saturated rings. The standard InChI is InChI=1S/C56H65N7O14/c1-5-72-28-29-74-31-30-73-27-22-57-51(66)47-32-38-36-20-24-59(42(36)14-17-44(38)61(47)54(69)75-6-2)53(68)49-34-40-37-21-25-60(43(37)15-18-46(40)63(49)56(71)77-8-4)52(67)48-33-39-35-19-23-58(50(65)12-10-9-11-26-64)41(35)13-16-45(39)62(48)55(70)76-7-3/h13-18,32-34,64H,5-12,19-31H2,1-4H3,(H,57,66). The van der Waals surface area contributed by atoms with Crippen molar-refractivity contribution in [2.45, 2.75) is 72.6 Å². The van der Waals surface area contributed by atoms with Crippen LogP contribution in [0, 0.1) is 0 Å². The summed E-state index contributed by atoms with van der Waals surface area (Å²) < 4.78 is 36.5. The summed E-state index contributed by atoms with van der Waals surface area (Å²) in [4.78, 5) is 103. The van der Waals surface area contributed by atoms with Gasteiger partial charge >= 0.3 is 18.3 Å². The van der Waals surface area contributed by atoms with Gasteiger partial charge in [0.15, 0.2) is 0 Å². The molecule has 0 radical (unpaired) electrons. The van der Waals surface area contributed by atoms with Gasteiger partial charge in [-0.1, -0.05) is 6.42 Å². The Bertz CT molecular complexity index is 3260. The molecule has 6 aromatic rings. The van der Waals surface area contributed by atoms with Crippen molar-refractivity contribution < 1.29 is 67.1 Å². The average Bonchev–Trinajstić information content (AvgIpc) is 4.37. The molecule has 3 aromatic carbocycles. The molecular weight excluding hydrogens is 995 g/mol. The second-order valence-corrected chi connectivity index (χ2v) is 18.6. The monoisotopic (exact) mass is 1060 g/mol. The first kappa shape index (κ1) is 54.2. The van der Waals surface area contributed by atoms with Crippen molar-refractivity contribution in [2.24, 2.45) is 0 Å². The van der Waals surface area contributed by atoms with Crippen LogP contribution in [0.4, 0.5) is 31.4 Å². The lowest BCUT2D eigenvalue weighted by molar-refractivity contribution is -0.118. The summed E-state index contributed by atoms with van der Waals surface area (Å²) in [5.41, 5.74) is 5.54. The molecular formula is C56H65N7O14. The first-order valence-electron chi connectivity index (χ1n) is 26.6. The van der Waals surface area contributed by atoms with Crippen molar-refractivity contribution in [3.8, 4) is 0 Å². The molecule has 4 amide bonds. The van der Waals surface area contributed by atoms with E-state index in [-0.39, 0.29) is 75.7 Å². The first-order chi connectivity index (χ1) is 37.5. The molecule has 9 rings (SSSR count). The number of anilines is 3. The highest BCUT2D eigenvalue weighted by atomic mass is 16.6. The number of benzene rings is 3. The van der Waals surface area contributed by atoms with Crippen molar-refractivity contribution in [3.05, 3.63) is 88.4 Å². The third-order valence-electron chi connectivity index (χ3n) is 14.2. The van der Waals surface area contributed by atoms with Crippen molar-refractivity contribution >= 4 is 91.7 Å². The van der Waals surface area contributed by atoms with E-state index in [1.165, 1.54) is 13.7 Å². The molecule has 0 aliphatic carbocycles. The predicted molar refractivity (Wildman–Crippen MR) is 286 cm³/mol. The molecule has 0 saturated carbocycles. The highest BCUT2D eigenvalue weighted by Gasteiger charge is 2.37. The number of rotatable bonds is 21. The number of carbonyl (C=O) groups is 7. The minimum atomic E-state index is -0.765.